The van der Waals surface area contributed by atoms with Crippen LogP contribution >= 0.6 is 11.8 Å². The van der Waals surface area contributed by atoms with Crippen molar-refractivity contribution in [2.24, 2.45) is 0 Å². The van der Waals surface area contributed by atoms with Crippen LogP contribution in [-0.4, -0.2) is 58.1 Å². The summed E-state index contributed by atoms with van der Waals surface area (Å²) in [6, 6.07) is 0. The van der Waals surface area contributed by atoms with E-state index in [2.05, 4.69) is 0 Å². The number of rotatable bonds is 7. The van der Waals surface area contributed by atoms with Gasteiger partial charge in [0.25, 0.3) is 0 Å². The van der Waals surface area contributed by atoms with Crippen LogP contribution < -0.4 is 0 Å². The molecule has 0 heterocycles. The molecule has 0 aromatic heterocycles. The lowest BCUT2D eigenvalue weighted by molar-refractivity contribution is -0.142. The molecule has 0 bridgehead atoms. The van der Waals surface area contributed by atoms with Crippen molar-refractivity contribution in [2.75, 3.05) is 19.8 Å². The molecular formula is C9H15NO5S. The number of carbonyl (C=O) groups is 3. The summed E-state index contributed by atoms with van der Waals surface area (Å²) in [6.45, 7) is 0. The Kier molecular flexibility index (Phi) is 6.55. The van der Waals surface area contributed by atoms with Gasteiger partial charge in [-0.05, 0) is 0 Å². The predicted molar refractivity (Wildman–Crippen MR) is 59.4 cm³/mol. The normalized spacial score (nSPS) is 11.9. The lowest BCUT2D eigenvalue weighted by Gasteiger charge is -2.12. The Morgan fingerprint density at radius 3 is 2.19 bits per heavy atom. The van der Waals surface area contributed by atoms with E-state index in [4.69, 9.17) is 10.2 Å². The number of carboxylic acids is 2. The average molecular weight is 249 g/mol. The van der Waals surface area contributed by atoms with Crippen LogP contribution in [0.15, 0.2) is 0 Å². The van der Waals surface area contributed by atoms with Gasteiger partial charge in [-0.3, -0.25) is 14.4 Å². The number of amides is 1. The van der Waals surface area contributed by atoms with Crippen LogP contribution in [0.2, 0.25) is 0 Å². The maximum atomic E-state index is 11.2. The molecule has 1 unspecified atom stereocenters. The second kappa shape index (κ2) is 7.10. The summed E-state index contributed by atoms with van der Waals surface area (Å²) >= 11 is 0.976. The molecule has 92 valence electrons. The first-order chi connectivity index (χ1) is 7.34. The molecule has 0 spiro atoms. The summed E-state index contributed by atoms with van der Waals surface area (Å²) in [6.07, 6.45) is -0.225. The van der Waals surface area contributed by atoms with Gasteiger partial charge in [-0.1, -0.05) is 0 Å². The van der Waals surface area contributed by atoms with Gasteiger partial charge in [-0.15, -0.1) is 11.8 Å². The van der Waals surface area contributed by atoms with Crippen LogP contribution in [0.5, 0.6) is 0 Å². The highest BCUT2D eigenvalue weighted by Crippen LogP contribution is 2.16. The van der Waals surface area contributed by atoms with Gasteiger partial charge in [0, 0.05) is 26.3 Å². The Balaban J connectivity index is 3.99. The van der Waals surface area contributed by atoms with E-state index in [0.717, 1.165) is 11.8 Å². The second-order valence-electron chi connectivity index (χ2n) is 3.33. The number of hydrogen-bond acceptors (Lipinski definition) is 4. The van der Waals surface area contributed by atoms with E-state index in [0.29, 0.717) is 5.75 Å². The first-order valence-corrected chi connectivity index (χ1v) is 5.65. The number of carbonyl (C=O) groups excluding carboxylic acids is 1. The highest BCUT2D eigenvalue weighted by Gasteiger charge is 2.21. The number of thioether (sulfide) groups is 1. The molecule has 0 rings (SSSR count). The van der Waals surface area contributed by atoms with Crippen molar-refractivity contribution < 1.29 is 24.6 Å². The summed E-state index contributed by atoms with van der Waals surface area (Å²) in [7, 11) is 3.22. The van der Waals surface area contributed by atoms with E-state index in [1.165, 1.54) is 4.90 Å². The van der Waals surface area contributed by atoms with Gasteiger partial charge in [0.2, 0.25) is 5.91 Å². The molecule has 7 heteroatoms. The first kappa shape index (κ1) is 14.8. The van der Waals surface area contributed by atoms with Gasteiger partial charge >= 0.3 is 11.9 Å². The van der Waals surface area contributed by atoms with Gasteiger partial charge in [-0.2, -0.15) is 0 Å². The minimum atomic E-state index is -1.16. The Morgan fingerprint density at radius 2 is 1.81 bits per heavy atom. The van der Waals surface area contributed by atoms with E-state index >= 15 is 0 Å². The third kappa shape index (κ3) is 6.28. The lowest BCUT2D eigenvalue weighted by Crippen LogP contribution is -2.24. The maximum absolute atomic E-state index is 11.2. The predicted octanol–water partition coefficient (Wildman–Crippen LogP) is 0.126. The lowest BCUT2D eigenvalue weighted by atomic mass is 10.3. The molecular weight excluding hydrogens is 234 g/mol. The molecule has 1 amide bonds. The maximum Gasteiger partial charge on any atom is 0.317 e. The van der Waals surface area contributed by atoms with E-state index in [9.17, 15) is 14.4 Å². The van der Waals surface area contributed by atoms with Gasteiger partial charge in [-0.25, -0.2) is 0 Å². The number of hydrogen-bond donors (Lipinski definition) is 2. The quantitative estimate of drug-likeness (QED) is 0.665. The minimum absolute atomic E-state index is 0.105. The molecule has 0 aliphatic rings. The average Bonchev–Trinajstić information content (AvgIpc) is 2.14. The Morgan fingerprint density at radius 1 is 1.25 bits per heavy atom. The Hall–Kier alpha value is -1.24. The van der Waals surface area contributed by atoms with E-state index < -0.39 is 23.6 Å². The summed E-state index contributed by atoms with van der Waals surface area (Å²) in [5.41, 5.74) is 0. The third-order valence-corrected chi connectivity index (χ3v) is 2.98. The van der Waals surface area contributed by atoms with Crippen LogP contribution in [-0.2, 0) is 14.4 Å². The largest absolute Gasteiger partial charge is 0.481 e. The smallest absolute Gasteiger partial charge is 0.317 e. The summed E-state index contributed by atoms with van der Waals surface area (Å²) < 4.78 is 0. The SMILES string of the molecule is CN(C)C(=O)CCSC(CC(=O)O)C(=O)O. The molecule has 0 aromatic carbocycles. The monoisotopic (exact) mass is 249 g/mol. The van der Waals surface area contributed by atoms with Crippen LogP contribution in [0.1, 0.15) is 12.8 Å². The molecule has 16 heavy (non-hydrogen) atoms. The Labute approximate surface area is 97.6 Å². The topological polar surface area (TPSA) is 94.9 Å². The van der Waals surface area contributed by atoms with Gasteiger partial charge in [0.05, 0.1) is 6.42 Å². The van der Waals surface area contributed by atoms with Gasteiger partial charge in [0.1, 0.15) is 5.25 Å². The van der Waals surface area contributed by atoms with Crippen molar-refractivity contribution in [3.63, 3.8) is 0 Å². The van der Waals surface area contributed by atoms with Crippen molar-refractivity contribution in [3.05, 3.63) is 0 Å². The molecule has 0 aromatic rings. The second-order valence-corrected chi connectivity index (χ2v) is 4.64. The van der Waals surface area contributed by atoms with Gasteiger partial charge in [0.15, 0.2) is 0 Å². The Bertz CT molecular complexity index is 279. The number of aliphatic carboxylic acids is 2. The van der Waals surface area contributed by atoms with Crippen molar-refractivity contribution in [1.29, 1.82) is 0 Å². The third-order valence-electron chi connectivity index (χ3n) is 1.77. The molecule has 0 radical (unpaired) electrons. The zero-order chi connectivity index (χ0) is 12.7. The fraction of sp³-hybridized carbons (Fsp3) is 0.667. The zero-order valence-corrected chi connectivity index (χ0v) is 9.99. The molecule has 0 aliphatic carbocycles. The fourth-order valence-electron chi connectivity index (χ4n) is 0.888. The zero-order valence-electron chi connectivity index (χ0n) is 9.17. The molecule has 1 atom stereocenters. The van der Waals surface area contributed by atoms with Crippen LogP contribution in [0.3, 0.4) is 0 Å². The minimum Gasteiger partial charge on any atom is -0.481 e. The summed E-state index contributed by atoms with van der Waals surface area (Å²) in [5.74, 6) is -2.11. The molecule has 0 fully saturated rings. The number of nitrogens with zero attached hydrogens (tertiary/aromatic N) is 1. The molecule has 6 nitrogen and oxygen atoms in total. The molecule has 0 saturated carbocycles. The van der Waals surface area contributed by atoms with Crippen LogP contribution in [0.4, 0.5) is 0 Å². The summed E-state index contributed by atoms with van der Waals surface area (Å²) in [4.78, 5) is 33.6. The molecule has 0 aliphatic heterocycles. The fourth-order valence-corrected chi connectivity index (χ4v) is 1.87. The van der Waals surface area contributed by atoms with Crippen molar-refractivity contribution in [3.8, 4) is 0 Å². The van der Waals surface area contributed by atoms with Crippen molar-refractivity contribution in [1.82, 2.24) is 4.90 Å². The van der Waals surface area contributed by atoms with E-state index in [1.807, 2.05) is 0 Å². The summed E-state index contributed by atoms with van der Waals surface area (Å²) in [5, 5.41) is 16.2. The van der Waals surface area contributed by atoms with Crippen molar-refractivity contribution >= 4 is 29.6 Å². The highest BCUT2D eigenvalue weighted by molar-refractivity contribution is 8.00. The first-order valence-electron chi connectivity index (χ1n) is 4.61. The number of carboxylic acid groups (broad SMARTS) is 2. The molecule has 2 N–H and O–H groups in total. The molecule has 0 saturated heterocycles. The van der Waals surface area contributed by atoms with E-state index in [1.54, 1.807) is 14.1 Å². The van der Waals surface area contributed by atoms with E-state index in [-0.39, 0.29) is 12.3 Å². The highest BCUT2D eigenvalue weighted by atomic mass is 32.2. The standard InChI is InChI=1S/C9H15NO5S/c1-10(2)7(11)3-4-16-6(9(14)15)5-8(12)13/h6H,3-5H2,1-2H3,(H,12,13)(H,14,15). The van der Waals surface area contributed by atoms with Gasteiger partial charge < -0.3 is 15.1 Å². The van der Waals surface area contributed by atoms with Crippen molar-refractivity contribution in [2.45, 2.75) is 18.1 Å². The van der Waals surface area contributed by atoms with Crippen LogP contribution in [0.25, 0.3) is 0 Å². The van der Waals surface area contributed by atoms with Crippen LogP contribution in [0, 0.1) is 0 Å².